The molecule has 0 spiro atoms. The van der Waals surface area contributed by atoms with Gasteiger partial charge in [0.1, 0.15) is 11.5 Å². The van der Waals surface area contributed by atoms with Crippen molar-refractivity contribution in [1.29, 1.82) is 0 Å². The number of aldehydes is 1. The number of hydrogen-bond donors (Lipinski definition) is 0. The zero-order valence-electron chi connectivity index (χ0n) is 18.1. The molecule has 0 saturated heterocycles. The molecule has 0 saturated carbocycles. The van der Waals surface area contributed by atoms with Crippen molar-refractivity contribution in [3.63, 3.8) is 0 Å². The molecule has 0 radical (unpaired) electrons. The molecule has 0 atom stereocenters. The van der Waals surface area contributed by atoms with E-state index in [1.165, 1.54) is 10.9 Å². The molecule has 2 aromatic carbocycles. The largest absolute Gasteiger partial charge is 0.679 e. The summed E-state index contributed by atoms with van der Waals surface area (Å²) in [6.07, 6.45) is 7.46. The van der Waals surface area contributed by atoms with Crippen LogP contribution in [0.4, 0.5) is 8.63 Å². The number of carbonyl (C=O) groups is 1. The van der Waals surface area contributed by atoms with Gasteiger partial charge >= 0.3 is 7.40 Å². The second-order valence-electron chi connectivity index (χ2n) is 7.74. The Hall–Kier alpha value is -4.40. The number of rotatable bonds is 6. The van der Waals surface area contributed by atoms with E-state index in [2.05, 4.69) is 15.3 Å². The van der Waals surface area contributed by atoms with Gasteiger partial charge in [0.2, 0.25) is 0 Å². The number of aromatic nitrogens is 4. The van der Waals surface area contributed by atoms with E-state index in [-0.39, 0.29) is 5.82 Å². The molecule has 6 nitrogen and oxygen atoms in total. The second-order valence-corrected chi connectivity index (χ2v) is 7.74. The normalized spacial score (nSPS) is 14.0. The van der Waals surface area contributed by atoms with Gasteiger partial charge < -0.3 is 4.48 Å². The molecule has 1 aliphatic heterocycles. The zero-order valence-corrected chi connectivity index (χ0v) is 18.1. The third-order valence-electron chi connectivity index (χ3n) is 5.59. The third-order valence-corrected chi connectivity index (χ3v) is 5.59. The fourth-order valence-electron chi connectivity index (χ4n) is 3.96. The monoisotopic (exact) mass is 453 g/mol. The van der Waals surface area contributed by atoms with Crippen molar-refractivity contribution in [3.8, 4) is 17.1 Å². The summed E-state index contributed by atoms with van der Waals surface area (Å²) in [6, 6.07) is 17.8. The molecule has 1 aliphatic rings. The Morgan fingerprint density at radius 1 is 1.03 bits per heavy atom. The molecule has 34 heavy (non-hydrogen) atoms. The molecule has 3 heterocycles. The number of aliphatic imine (C=N–C) groups is 1. The molecular weight excluding hydrogens is 435 g/mol. The molecule has 0 fully saturated rings. The molecule has 0 amide bonds. The minimum Gasteiger partial charge on any atom is -0.310 e. The van der Waals surface area contributed by atoms with Crippen molar-refractivity contribution < 1.29 is 13.4 Å². The van der Waals surface area contributed by atoms with Gasteiger partial charge in [-0.25, -0.2) is 4.68 Å². The van der Waals surface area contributed by atoms with E-state index in [0.717, 1.165) is 21.9 Å². The van der Waals surface area contributed by atoms with Crippen LogP contribution in [-0.2, 0) is 0 Å². The number of hydrogen-bond acceptors (Lipinski definition) is 4. The number of nitrogens with zero attached hydrogens (tertiary/aromatic N) is 5. The van der Waals surface area contributed by atoms with Crippen molar-refractivity contribution in [2.45, 2.75) is 6.92 Å². The Kier molecular flexibility index (Phi) is 5.59. The van der Waals surface area contributed by atoms with Gasteiger partial charge in [-0.2, -0.15) is 0 Å². The molecule has 2 aromatic heterocycles. The summed E-state index contributed by atoms with van der Waals surface area (Å²) >= 11 is 0. The maximum absolute atomic E-state index is 14.5. The topological polar surface area (TPSA) is 65.1 Å². The lowest BCUT2D eigenvalue weighted by atomic mass is 9.98. The highest BCUT2D eigenvalue weighted by molar-refractivity contribution is 6.42. The first-order valence-electron chi connectivity index (χ1n) is 10.6. The number of benzene rings is 2. The minimum atomic E-state index is -2.84. The predicted octanol–water partition coefficient (Wildman–Crippen LogP) is 5.03. The summed E-state index contributed by atoms with van der Waals surface area (Å²) in [5.74, 6) is 0.142. The predicted molar refractivity (Wildman–Crippen MR) is 128 cm³/mol. The fourth-order valence-corrected chi connectivity index (χ4v) is 3.96. The van der Waals surface area contributed by atoms with E-state index in [0.29, 0.717) is 33.8 Å². The lowest BCUT2D eigenvalue weighted by molar-refractivity contribution is 0.112. The number of aryl methyl sites for hydroxylation is 1. The van der Waals surface area contributed by atoms with Gasteiger partial charge in [0, 0.05) is 28.6 Å². The Morgan fingerprint density at radius 2 is 1.82 bits per heavy atom. The number of allylic oxidation sites excluding steroid dienone is 2. The van der Waals surface area contributed by atoms with Gasteiger partial charge in [0.05, 0.1) is 11.9 Å². The molecule has 0 unspecified atom stereocenters. The molecule has 9 heteroatoms. The molecule has 166 valence electrons. The maximum atomic E-state index is 14.5. The Bertz CT molecular complexity index is 1450. The first-order valence-corrected chi connectivity index (χ1v) is 10.6. The lowest BCUT2D eigenvalue weighted by Crippen LogP contribution is -2.20. The summed E-state index contributed by atoms with van der Waals surface area (Å²) in [6.45, 7) is 1.97. The van der Waals surface area contributed by atoms with Crippen LogP contribution in [0.25, 0.3) is 22.6 Å². The van der Waals surface area contributed by atoms with E-state index >= 15 is 0 Å². The van der Waals surface area contributed by atoms with Crippen LogP contribution in [0.1, 0.15) is 27.2 Å². The maximum Gasteiger partial charge on any atom is 0.679 e. The van der Waals surface area contributed by atoms with Gasteiger partial charge in [-0.15, -0.1) is 5.10 Å². The Morgan fingerprint density at radius 3 is 2.53 bits per heavy atom. The third kappa shape index (κ3) is 3.81. The van der Waals surface area contributed by atoms with Crippen molar-refractivity contribution in [1.82, 2.24) is 19.5 Å². The highest BCUT2D eigenvalue weighted by Crippen LogP contribution is 2.33. The average molecular weight is 453 g/mol. The smallest absolute Gasteiger partial charge is 0.310 e. The van der Waals surface area contributed by atoms with Gasteiger partial charge in [0.15, 0.2) is 6.29 Å². The summed E-state index contributed by atoms with van der Waals surface area (Å²) in [5, 5.41) is 8.19. The summed E-state index contributed by atoms with van der Waals surface area (Å²) in [5.41, 5.74) is 4.75. The van der Waals surface area contributed by atoms with Gasteiger partial charge in [0.25, 0.3) is 0 Å². The SMILES string of the molecule is Cc1ccc(/C(=C2/C=CC=N2)c2ccc(-n3cc(-c4ccccc4C=O)nn3)n2B(F)F)cc1. The van der Waals surface area contributed by atoms with E-state index in [1.807, 2.05) is 31.2 Å². The van der Waals surface area contributed by atoms with Gasteiger partial charge in [-0.1, -0.05) is 59.3 Å². The standard InChI is InChI=1S/C25H18BF2N5O/c1-17-8-10-18(11-9-17)25(21-7-4-14-29-21)23-12-13-24(33(23)26(27)28)32-15-22(30-31-32)20-6-3-2-5-19(20)16-34/h2-16H,1H3/b25-21+. The highest BCUT2D eigenvalue weighted by Gasteiger charge is 2.28. The van der Waals surface area contributed by atoms with E-state index < -0.39 is 7.40 Å². The first-order chi connectivity index (χ1) is 16.6. The zero-order chi connectivity index (χ0) is 23.7. The second kappa shape index (κ2) is 8.86. The fraction of sp³-hybridized carbons (Fsp3) is 0.0400. The van der Waals surface area contributed by atoms with E-state index in [1.54, 1.807) is 54.8 Å². The van der Waals surface area contributed by atoms with Crippen molar-refractivity contribution in [3.05, 3.63) is 107 Å². The van der Waals surface area contributed by atoms with Crippen LogP contribution < -0.4 is 0 Å². The minimum absolute atomic E-state index is 0.142. The van der Waals surface area contributed by atoms with Crippen LogP contribution in [0.5, 0.6) is 0 Å². The Labute approximate surface area is 194 Å². The van der Waals surface area contributed by atoms with Crippen LogP contribution in [0.15, 0.2) is 89.7 Å². The van der Waals surface area contributed by atoms with E-state index in [9.17, 15) is 13.4 Å². The van der Waals surface area contributed by atoms with Crippen molar-refractivity contribution in [2.75, 3.05) is 0 Å². The molecule has 5 rings (SSSR count). The molecule has 0 bridgehead atoms. The summed E-state index contributed by atoms with van der Waals surface area (Å²) < 4.78 is 31.1. The number of carbonyl (C=O) groups excluding carboxylic acids is 1. The van der Waals surface area contributed by atoms with Crippen LogP contribution in [-0.4, -0.2) is 39.4 Å². The van der Waals surface area contributed by atoms with Crippen molar-refractivity contribution >= 4 is 25.5 Å². The number of halogens is 2. The van der Waals surface area contributed by atoms with E-state index in [4.69, 9.17) is 0 Å². The summed E-state index contributed by atoms with van der Waals surface area (Å²) in [4.78, 5) is 15.8. The van der Waals surface area contributed by atoms with Crippen molar-refractivity contribution in [2.24, 2.45) is 4.99 Å². The van der Waals surface area contributed by atoms with Crippen LogP contribution in [0.3, 0.4) is 0 Å². The first kappa shape index (κ1) is 21.5. The lowest BCUT2D eigenvalue weighted by Gasteiger charge is -2.15. The van der Waals surface area contributed by atoms with Gasteiger partial charge in [-0.05, 0) is 36.8 Å². The van der Waals surface area contributed by atoms with Crippen LogP contribution >= 0.6 is 0 Å². The molecule has 4 aromatic rings. The average Bonchev–Trinajstić information content (AvgIpc) is 3.61. The quantitative estimate of drug-likeness (QED) is 0.304. The van der Waals surface area contributed by atoms with Gasteiger partial charge in [-0.3, -0.25) is 18.4 Å². The molecule has 0 aliphatic carbocycles. The highest BCUT2D eigenvalue weighted by atomic mass is 19.2. The molecule has 0 N–H and O–H groups in total. The molecular formula is C25H18BF2N5O. The summed E-state index contributed by atoms with van der Waals surface area (Å²) in [7, 11) is -2.84. The Balaban J connectivity index is 1.65. The van der Waals surface area contributed by atoms with Crippen LogP contribution in [0.2, 0.25) is 0 Å². The van der Waals surface area contributed by atoms with Crippen LogP contribution in [0, 0.1) is 6.92 Å².